The number of rotatable bonds is 2. The average Bonchev–Trinajstić information content (AvgIpc) is 3.53. The Hall–Kier alpha value is -3.34. The molecule has 0 unspecified atom stereocenters. The molecule has 0 aliphatic heterocycles. The molecule has 3 heterocycles. The molecule has 5 heteroatoms. The summed E-state index contributed by atoms with van der Waals surface area (Å²) in [6.45, 7) is 26.9. The minimum Gasteiger partial charge on any atom is -0.351 e. The van der Waals surface area contributed by atoms with Gasteiger partial charge in [0.15, 0.2) is 0 Å². The summed E-state index contributed by atoms with van der Waals surface area (Å²) in [7, 11) is 0. The van der Waals surface area contributed by atoms with E-state index in [-0.39, 0.29) is 21.7 Å². The van der Waals surface area contributed by atoms with Crippen LogP contribution in [0.5, 0.6) is 0 Å². The number of fused-ring (bicyclic) bond motifs is 3. The molecule has 206 valence electrons. The Bertz CT molecular complexity index is 1550. The lowest BCUT2D eigenvalue weighted by Gasteiger charge is -2.22. The number of nitrogens with zero attached hydrogens (tertiary/aromatic N) is 4. The molecule has 0 aliphatic carbocycles. The van der Waals surface area contributed by atoms with Crippen LogP contribution in [0.15, 0.2) is 48.8 Å². The molecule has 5 nitrogen and oxygen atoms in total. The van der Waals surface area contributed by atoms with Gasteiger partial charge in [0.1, 0.15) is 0 Å². The first-order valence-corrected chi connectivity index (χ1v) is 14.1. The van der Waals surface area contributed by atoms with Crippen molar-refractivity contribution in [2.75, 3.05) is 0 Å². The number of aromatic nitrogens is 5. The second-order valence-electron chi connectivity index (χ2n) is 15.3. The maximum Gasteiger partial charge on any atom is 0.0889 e. The van der Waals surface area contributed by atoms with Gasteiger partial charge in [-0.15, -0.1) is 0 Å². The van der Waals surface area contributed by atoms with Crippen LogP contribution in [0, 0.1) is 0 Å². The summed E-state index contributed by atoms with van der Waals surface area (Å²) >= 11 is 0. The number of benzene rings is 2. The molecule has 5 rings (SSSR count). The quantitative estimate of drug-likeness (QED) is 0.251. The summed E-state index contributed by atoms with van der Waals surface area (Å²) in [5, 5.41) is 12.5. The largest absolute Gasteiger partial charge is 0.351 e. The van der Waals surface area contributed by atoms with Crippen LogP contribution in [0.25, 0.3) is 33.2 Å². The average molecular weight is 524 g/mol. The van der Waals surface area contributed by atoms with Crippen LogP contribution < -0.4 is 0 Å². The highest BCUT2D eigenvalue weighted by Crippen LogP contribution is 2.39. The Labute approximate surface area is 233 Å². The van der Waals surface area contributed by atoms with E-state index in [9.17, 15) is 0 Å². The SMILES string of the molecule is CC(C)(C)c1cc(-n2ccc(C(C)(C)C)n2)c2[nH]c3c(-n4ccc(C(C)(C)C)n4)cc(C(C)(C)C)cc3c2c1. The van der Waals surface area contributed by atoms with Crippen molar-refractivity contribution >= 4 is 21.8 Å². The van der Waals surface area contributed by atoms with Gasteiger partial charge in [0.25, 0.3) is 0 Å². The number of aromatic amines is 1. The van der Waals surface area contributed by atoms with Gasteiger partial charge in [0, 0.05) is 34.0 Å². The summed E-state index contributed by atoms with van der Waals surface area (Å²) < 4.78 is 4.09. The third-order valence-electron chi connectivity index (χ3n) is 7.72. The van der Waals surface area contributed by atoms with Crippen molar-refractivity contribution in [3.63, 3.8) is 0 Å². The van der Waals surface area contributed by atoms with E-state index in [2.05, 4.69) is 137 Å². The fraction of sp³-hybridized carbons (Fsp3) is 0.471. The van der Waals surface area contributed by atoms with Crippen LogP contribution in [0.4, 0.5) is 0 Å². The molecule has 0 saturated heterocycles. The summed E-state index contributed by atoms with van der Waals surface area (Å²) in [4.78, 5) is 3.84. The molecule has 1 N–H and O–H groups in total. The smallest absolute Gasteiger partial charge is 0.0889 e. The third kappa shape index (κ3) is 4.92. The van der Waals surface area contributed by atoms with Crippen molar-refractivity contribution < 1.29 is 0 Å². The standard InChI is InChI=1S/C34H45N5/c1-31(2,3)21-17-23-24-18-22(32(4,5)6)20-26(39-16-14-28(37-39)34(10,11)12)30(24)35-29(23)25(19-21)38-15-13-27(36-38)33(7,8)9/h13-20,35H,1-12H3. The van der Waals surface area contributed by atoms with Crippen LogP contribution >= 0.6 is 0 Å². The van der Waals surface area contributed by atoms with Crippen molar-refractivity contribution in [2.24, 2.45) is 0 Å². The normalized spacial score (nSPS) is 13.6. The predicted molar refractivity (Wildman–Crippen MR) is 165 cm³/mol. The van der Waals surface area contributed by atoms with Crippen molar-refractivity contribution in [3.05, 3.63) is 71.3 Å². The van der Waals surface area contributed by atoms with Gasteiger partial charge in [0.05, 0.1) is 33.8 Å². The van der Waals surface area contributed by atoms with E-state index in [0.717, 1.165) is 33.8 Å². The number of H-pyrrole nitrogens is 1. The predicted octanol–water partition coefficient (Wildman–Crippen LogP) is 8.88. The van der Waals surface area contributed by atoms with Crippen molar-refractivity contribution in [2.45, 2.75) is 105 Å². The van der Waals surface area contributed by atoms with Crippen molar-refractivity contribution in [3.8, 4) is 11.4 Å². The number of hydrogen-bond donors (Lipinski definition) is 1. The first-order chi connectivity index (χ1) is 17.8. The van der Waals surface area contributed by atoms with Crippen LogP contribution in [0.3, 0.4) is 0 Å². The van der Waals surface area contributed by atoms with Crippen molar-refractivity contribution in [1.29, 1.82) is 0 Å². The lowest BCUT2D eigenvalue weighted by Crippen LogP contribution is -2.14. The maximum absolute atomic E-state index is 5.04. The van der Waals surface area contributed by atoms with Gasteiger partial charge in [-0.1, -0.05) is 83.1 Å². The molecule has 0 aliphatic rings. The summed E-state index contributed by atoms with van der Waals surface area (Å²) in [6.07, 6.45) is 4.19. The van der Waals surface area contributed by atoms with Gasteiger partial charge < -0.3 is 4.98 Å². The van der Waals surface area contributed by atoms with E-state index in [1.807, 2.05) is 9.36 Å². The second-order valence-corrected chi connectivity index (χ2v) is 15.3. The van der Waals surface area contributed by atoms with Gasteiger partial charge in [-0.3, -0.25) is 0 Å². The zero-order valence-corrected chi connectivity index (χ0v) is 25.9. The zero-order valence-electron chi connectivity index (χ0n) is 25.9. The Balaban J connectivity index is 1.88. The monoisotopic (exact) mass is 523 g/mol. The van der Waals surface area contributed by atoms with Crippen LogP contribution in [0.1, 0.15) is 106 Å². The highest BCUT2D eigenvalue weighted by atomic mass is 15.3. The summed E-state index contributed by atoms with van der Waals surface area (Å²) in [5.74, 6) is 0. The van der Waals surface area contributed by atoms with Gasteiger partial charge in [0.2, 0.25) is 0 Å². The Morgan fingerprint density at radius 1 is 0.513 bits per heavy atom. The van der Waals surface area contributed by atoms with Gasteiger partial charge in [-0.2, -0.15) is 10.2 Å². The molecule has 0 bridgehead atoms. The Morgan fingerprint density at radius 3 is 1.15 bits per heavy atom. The molecular formula is C34H45N5. The fourth-order valence-corrected chi connectivity index (χ4v) is 5.01. The Kier molecular flexibility index (Phi) is 5.99. The molecule has 0 radical (unpaired) electrons. The van der Waals surface area contributed by atoms with Crippen LogP contribution in [-0.2, 0) is 21.7 Å². The van der Waals surface area contributed by atoms with E-state index in [1.54, 1.807) is 0 Å². The molecule has 0 amide bonds. The molecule has 5 aromatic rings. The molecule has 0 spiro atoms. The lowest BCUT2D eigenvalue weighted by atomic mass is 9.84. The van der Waals surface area contributed by atoms with Gasteiger partial charge in [-0.25, -0.2) is 9.36 Å². The highest BCUT2D eigenvalue weighted by molar-refractivity contribution is 6.12. The van der Waals surface area contributed by atoms with Crippen LogP contribution in [-0.4, -0.2) is 24.5 Å². The lowest BCUT2D eigenvalue weighted by molar-refractivity contribution is 0.560. The topological polar surface area (TPSA) is 51.4 Å². The fourth-order valence-electron chi connectivity index (χ4n) is 5.01. The summed E-state index contributed by atoms with van der Waals surface area (Å²) in [6, 6.07) is 13.6. The van der Waals surface area contributed by atoms with Gasteiger partial charge >= 0.3 is 0 Å². The zero-order chi connectivity index (χ0) is 28.7. The third-order valence-corrected chi connectivity index (χ3v) is 7.72. The summed E-state index contributed by atoms with van der Waals surface area (Å²) in [5.41, 5.74) is 9.00. The second kappa shape index (κ2) is 8.58. The van der Waals surface area contributed by atoms with E-state index >= 15 is 0 Å². The van der Waals surface area contributed by atoms with Gasteiger partial charge in [-0.05, 0) is 58.4 Å². The molecule has 39 heavy (non-hydrogen) atoms. The molecule has 2 aromatic carbocycles. The maximum atomic E-state index is 5.04. The van der Waals surface area contributed by atoms with Crippen molar-refractivity contribution in [1.82, 2.24) is 24.5 Å². The van der Waals surface area contributed by atoms with E-state index in [1.165, 1.54) is 21.9 Å². The van der Waals surface area contributed by atoms with Crippen LogP contribution in [0.2, 0.25) is 0 Å². The van der Waals surface area contributed by atoms with E-state index < -0.39 is 0 Å². The number of hydrogen-bond acceptors (Lipinski definition) is 2. The van der Waals surface area contributed by atoms with E-state index in [0.29, 0.717) is 0 Å². The van der Waals surface area contributed by atoms with E-state index in [4.69, 9.17) is 10.2 Å². The minimum absolute atomic E-state index is 0.0133. The molecule has 0 fully saturated rings. The molecule has 0 atom stereocenters. The molecule has 3 aromatic heterocycles. The Morgan fingerprint density at radius 2 is 0.872 bits per heavy atom. The first-order valence-electron chi connectivity index (χ1n) is 14.1. The molecular weight excluding hydrogens is 478 g/mol. The minimum atomic E-state index is -0.0217. The molecule has 0 saturated carbocycles. The highest BCUT2D eigenvalue weighted by Gasteiger charge is 2.25. The number of nitrogens with one attached hydrogen (secondary N) is 1. The first kappa shape index (κ1) is 27.2.